The number of imide groups is 1. The lowest BCUT2D eigenvalue weighted by atomic mass is 9.98. The van der Waals surface area contributed by atoms with Gasteiger partial charge in [-0.25, -0.2) is 4.79 Å². The smallest absolute Gasteiger partial charge is 0.335 e. The van der Waals surface area contributed by atoms with Crippen LogP contribution in [0, 0.1) is 46.5 Å². The zero-order chi connectivity index (χ0) is 43.7. The fraction of sp³-hybridized carbons (Fsp3) is 0.438. The van der Waals surface area contributed by atoms with Crippen molar-refractivity contribution < 1.29 is 29.0 Å². The molecule has 0 atom stereocenters. The number of aryl methyl sites for hydroxylation is 6. The van der Waals surface area contributed by atoms with Gasteiger partial charge in [0.05, 0.1) is 34.1 Å². The summed E-state index contributed by atoms with van der Waals surface area (Å²) in [6.07, 6.45) is 2.05. The summed E-state index contributed by atoms with van der Waals surface area (Å²) >= 11 is 7.10. The molecule has 318 valence electrons. The number of amides is 3. The molecule has 0 saturated carbocycles. The summed E-state index contributed by atoms with van der Waals surface area (Å²) in [5.74, 6) is -1.41. The Morgan fingerprint density at radius 2 is 1.55 bits per heavy atom. The molecule has 1 N–H and O–H groups in total. The van der Waals surface area contributed by atoms with Crippen LogP contribution in [-0.2, 0) is 36.1 Å². The molecule has 3 aromatic carbocycles. The lowest BCUT2D eigenvalue weighted by molar-refractivity contribution is -0.127. The lowest BCUT2D eigenvalue weighted by Crippen LogP contribution is -2.38. The van der Waals surface area contributed by atoms with Crippen molar-refractivity contribution in [3.63, 3.8) is 0 Å². The highest BCUT2D eigenvalue weighted by molar-refractivity contribution is 6.35. The maximum absolute atomic E-state index is 15.1. The highest BCUT2D eigenvalue weighted by Gasteiger charge is 2.33. The lowest BCUT2D eigenvalue weighted by Gasteiger charge is -2.25. The molecule has 0 fully saturated rings. The number of carboxylic acids is 1. The Balaban J connectivity index is 1.44. The van der Waals surface area contributed by atoms with E-state index in [9.17, 15) is 19.5 Å². The molecule has 0 bridgehead atoms. The molecule has 3 amide bonds. The van der Waals surface area contributed by atoms with E-state index in [4.69, 9.17) is 21.4 Å². The molecule has 0 unspecified atom stereocenters. The maximum Gasteiger partial charge on any atom is 0.335 e. The molecule has 0 saturated heterocycles. The molecule has 0 aliphatic carbocycles. The molecule has 11 nitrogen and oxygen atoms in total. The van der Waals surface area contributed by atoms with Crippen molar-refractivity contribution in [1.82, 2.24) is 19.2 Å². The zero-order valence-corrected chi connectivity index (χ0v) is 37.4. The highest BCUT2D eigenvalue weighted by atomic mass is 35.5. The van der Waals surface area contributed by atoms with Gasteiger partial charge in [-0.1, -0.05) is 45.4 Å². The molecule has 0 spiro atoms. The number of carboxylic acid groups (broad SMARTS) is 1. The summed E-state index contributed by atoms with van der Waals surface area (Å²) in [5.41, 5.74) is 10.1. The third-order valence-electron chi connectivity index (χ3n) is 11.6. The number of fused-ring (bicyclic) bond motifs is 3. The minimum Gasteiger partial charge on any atom is -0.494 e. The summed E-state index contributed by atoms with van der Waals surface area (Å²) in [6, 6.07) is 12.6. The first-order valence-electron chi connectivity index (χ1n) is 20.9. The van der Waals surface area contributed by atoms with Crippen LogP contribution in [0.4, 0.5) is 5.69 Å². The van der Waals surface area contributed by atoms with E-state index in [2.05, 4.69) is 37.5 Å². The Hall–Kier alpha value is -5.42. The van der Waals surface area contributed by atoms with Crippen LogP contribution in [0.3, 0.4) is 0 Å². The number of aromatic carboxylic acids is 1. The van der Waals surface area contributed by atoms with Gasteiger partial charge in [0.2, 0.25) is 11.8 Å². The first-order chi connectivity index (χ1) is 28.4. The van der Waals surface area contributed by atoms with Gasteiger partial charge in [0.15, 0.2) is 0 Å². The number of ether oxygens (including phenoxy) is 1. The number of carbonyl (C=O) groups is 4. The van der Waals surface area contributed by atoms with Gasteiger partial charge in [0, 0.05) is 61.7 Å². The van der Waals surface area contributed by atoms with E-state index in [1.165, 1.54) is 28.8 Å². The number of carbonyl (C=O) groups excluding carboxylic acids is 3. The molecule has 1 aliphatic heterocycles. The summed E-state index contributed by atoms with van der Waals surface area (Å²) in [7, 11) is 1.91. The fourth-order valence-electron chi connectivity index (χ4n) is 8.47. The van der Waals surface area contributed by atoms with Crippen molar-refractivity contribution in [2.24, 2.45) is 18.9 Å². The van der Waals surface area contributed by atoms with E-state index in [1.807, 2.05) is 65.4 Å². The van der Waals surface area contributed by atoms with Crippen molar-refractivity contribution in [3.05, 3.63) is 97.9 Å². The number of hydrogen-bond acceptors (Lipinski definition) is 6. The Morgan fingerprint density at radius 1 is 0.900 bits per heavy atom. The normalized spacial score (nSPS) is 13.0. The topological polar surface area (TPSA) is 127 Å². The maximum atomic E-state index is 15.1. The van der Waals surface area contributed by atoms with Gasteiger partial charge in [-0.2, -0.15) is 5.10 Å². The van der Waals surface area contributed by atoms with Gasteiger partial charge >= 0.3 is 5.97 Å². The number of anilines is 1. The second-order valence-corrected chi connectivity index (χ2v) is 17.6. The van der Waals surface area contributed by atoms with Gasteiger partial charge in [0.1, 0.15) is 11.4 Å². The Kier molecular flexibility index (Phi) is 13.3. The number of aromatic nitrogens is 3. The summed E-state index contributed by atoms with van der Waals surface area (Å²) in [4.78, 5) is 57.8. The Bertz CT molecular complexity index is 2450. The first kappa shape index (κ1) is 44.1. The second-order valence-electron chi connectivity index (χ2n) is 17.2. The van der Waals surface area contributed by atoms with Gasteiger partial charge in [-0.05, 0) is 130 Å². The van der Waals surface area contributed by atoms with Crippen molar-refractivity contribution in [2.75, 3.05) is 18.1 Å². The summed E-state index contributed by atoms with van der Waals surface area (Å²) < 4.78 is 10.2. The molecular formula is C48H58ClN5O6. The standard InChI is InChI=1S/C48H58ClN5O6/c1-27(2)19-41(55)54(42(56)20-28(3)4)36-24-34(23-35(25-36)48(58)59)26-52-16-12-17-53-45-39(14-15-40(49)44(45)43-32(8)50-51(10)33(43)9)38(46(53)47(52)57)13-11-18-60-37-21-29(5)31(7)30(6)22-37/h14-15,21-25,27-28H,11-13,16-20,26H2,1-10H3,(H,58,59). The van der Waals surface area contributed by atoms with Crippen molar-refractivity contribution in [1.29, 1.82) is 0 Å². The minimum absolute atomic E-state index is 0.0198. The van der Waals surface area contributed by atoms with Gasteiger partial charge in [-0.15, -0.1) is 0 Å². The van der Waals surface area contributed by atoms with Gasteiger partial charge < -0.3 is 19.3 Å². The molecule has 5 aromatic rings. The predicted octanol–water partition coefficient (Wildman–Crippen LogP) is 9.94. The van der Waals surface area contributed by atoms with E-state index >= 15 is 4.79 Å². The van der Waals surface area contributed by atoms with Crippen LogP contribution in [-0.4, -0.2) is 61.2 Å². The quantitative estimate of drug-likeness (QED) is 0.110. The molecule has 1 aliphatic rings. The van der Waals surface area contributed by atoms with Crippen LogP contribution in [0.2, 0.25) is 5.02 Å². The van der Waals surface area contributed by atoms with Gasteiger partial charge in [0.25, 0.3) is 5.91 Å². The summed E-state index contributed by atoms with van der Waals surface area (Å²) in [6.45, 7) is 19.3. The molecule has 0 radical (unpaired) electrons. The highest BCUT2D eigenvalue weighted by Crippen LogP contribution is 2.43. The summed E-state index contributed by atoms with van der Waals surface area (Å²) in [5, 5.41) is 16.4. The largest absolute Gasteiger partial charge is 0.494 e. The molecule has 6 rings (SSSR count). The molecular weight excluding hydrogens is 778 g/mol. The Labute approximate surface area is 358 Å². The molecule has 60 heavy (non-hydrogen) atoms. The van der Waals surface area contributed by atoms with Crippen molar-refractivity contribution >= 4 is 51.9 Å². The van der Waals surface area contributed by atoms with Crippen LogP contribution in [0.15, 0.2) is 42.5 Å². The predicted molar refractivity (Wildman–Crippen MR) is 237 cm³/mol. The van der Waals surface area contributed by atoms with E-state index < -0.39 is 17.8 Å². The molecule has 12 heteroatoms. The number of hydrogen-bond donors (Lipinski definition) is 1. The minimum atomic E-state index is -1.20. The monoisotopic (exact) mass is 835 g/mol. The average Bonchev–Trinajstić information content (AvgIpc) is 3.54. The second kappa shape index (κ2) is 18.1. The van der Waals surface area contributed by atoms with E-state index in [1.54, 1.807) is 11.0 Å². The van der Waals surface area contributed by atoms with Crippen molar-refractivity contribution in [2.45, 2.75) is 108 Å². The van der Waals surface area contributed by atoms with E-state index in [-0.39, 0.29) is 48.4 Å². The Morgan fingerprint density at radius 3 is 2.13 bits per heavy atom. The number of benzene rings is 3. The third kappa shape index (κ3) is 9.01. The molecule has 2 aromatic heterocycles. The van der Waals surface area contributed by atoms with E-state index in [0.29, 0.717) is 55.2 Å². The van der Waals surface area contributed by atoms with Gasteiger partial charge in [-0.3, -0.25) is 24.0 Å². The van der Waals surface area contributed by atoms with Crippen molar-refractivity contribution in [3.8, 4) is 16.9 Å². The number of halogens is 1. The third-order valence-corrected chi connectivity index (χ3v) is 11.9. The van der Waals surface area contributed by atoms with Crippen LogP contribution in [0.1, 0.15) is 113 Å². The molecule has 3 heterocycles. The van der Waals surface area contributed by atoms with Crippen LogP contribution in [0.25, 0.3) is 22.0 Å². The fourth-order valence-corrected chi connectivity index (χ4v) is 8.72. The number of rotatable bonds is 14. The number of nitrogens with zero attached hydrogens (tertiary/aromatic N) is 5. The SMILES string of the molecule is Cc1cc(OCCCc2c3n(c4c(-c5c(C)nn(C)c5C)c(Cl)ccc24)CCCN(Cc2cc(C(=O)O)cc(N(C(=O)CC(C)C)C(=O)CC(C)C)c2)C3=O)cc(C)c1C. The van der Waals surface area contributed by atoms with Crippen LogP contribution >= 0.6 is 11.6 Å². The van der Waals surface area contributed by atoms with E-state index in [0.717, 1.165) is 49.6 Å². The zero-order valence-electron chi connectivity index (χ0n) is 36.7. The first-order valence-corrected chi connectivity index (χ1v) is 21.3. The van der Waals surface area contributed by atoms with Crippen LogP contribution in [0.5, 0.6) is 5.75 Å². The van der Waals surface area contributed by atoms with Crippen LogP contribution < -0.4 is 9.64 Å². The average molecular weight is 836 g/mol.